The summed E-state index contributed by atoms with van der Waals surface area (Å²) in [4.78, 5) is 0. The van der Waals surface area contributed by atoms with E-state index in [1.165, 1.54) is 0 Å². The van der Waals surface area contributed by atoms with Gasteiger partial charge in [0, 0.05) is 53.5 Å². The van der Waals surface area contributed by atoms with Crippen LogP contribution >= 0.6 is 0 Å². The van der Waals surface area contributed by atoms with Crippen LogP contribution in [-0.2, 0) is 104 Å². The van der Waals surface area contributed by atoms with Gasteiger partial charge in [-0.05, 0) is 34.1 Å². The van der Waals surface area contributed by atoms with Crippen molar-refractivity contribution in [3.8, 4) is 0 Å². The predicted molar refractivity (Wildman–Crippen MR) is 272 cm³/mol. The maximum Gasteiger partial charge on any atom is 0.0780 e. The molecule has 440 valence electrons. The second kappa shape index (κ2) is 60.4. The fraction of sp³-hybridized carbons (Fsp3) is 1.00. The average molecular weight is 1070 g/mol. The van der Waals surface area contributed by atoms with Gasteiger partial charge in [0.2, 0.25) is 0 Å². The van der Waals surface area contributed by atoms with Gasteiger partial charge < -0.3 is 104 Å². The lowest BCUT2D eigenvalue weighted by Gasteiger charge is -2.23. The molecule has 0 aromatic carbocycles. The third kappa shape index (κ3) is 57.1. The third-order valence-electron chi connectivity index (χ3n) is 9.86. The minimum atomic E-state index is -0.129. The zero-order chi connectivity index (χ0) is 53.2. The van der Waals surface area contributed by atoms with Crippen LogP contribution in [0.3, 0.4) is 0 Å². The first-order chi connectivity index (χ1) is 35.9. The van der Waals surface area contributed by atoms with E-state index in [0.29, 0.717) is 244 Å². The zero-order valence-electron chi connectivity index (χ0n) is 46.6. The maximum atomic E-state index is 6.18. The van der Waals surface area contributed by atoms with Crippen LogP contribution in [0.2, 0.25) is 0 Å². The van der Waals surface area contributed by atoms with E-state index in [-0.39, 0.29) is 36.3 Å². The lowest BCUT2D eigenvalue weighted by atomic mass is 10.2. The maximum absolute atomic E-state index is 6.18. The molecule has 0 aliphatic carbocycles. The van der Waals surface area contributed by atoms with Crippen LogP contribution in [0.5, 0.6) is 0 Å². The van der Waals surface area contributed by atoms with Crippen molar-refractivity contribution >= 4 is 0 Å². The Hall–Kier alpha value is -0.880. The van der Waals surface area contributed by atoms with Crippen molar-refractivity contribution in [3.05, 3.63) is 0 Å². The summed E-state index contributed by atoms with van der Waals surface area (Å²) in [5.74, 6) is -0.0258. The van der Waals surface area contributed by atoms with Gasteiger partial charge in [-0.15, -0.1) is 0 Å². The molecule has 0 aromatic heterocycles. The van der Waals surface area contributed by atoms with E-state index in [2.05, 4.69) is 0 Å². The quantitative estimate of drug-likeness (QED) is 0.0804. The van der Waals surface area contributed by atoms with E-state index in [1.54, 1.807) is 28.4 Å². The molecule has 0 bridgehead atoms. The van der Waals surface area contributed by atoms with E-state index in [0.717, 1.165) is 0 Å². The molecule has 4 unspecified atom stereocenters. The van der Waals surface area contributed by atoms with Gasteiger partial charge in [-0.1, -0.05) is 0 Å². The zero-order valence-corrected chi connectivity index (χ0v) is 46.6. The summed E-state index contributed by atoms with van der Waals surface area (Å²) in [6.07, 6.45) is 0.189. The first kappa shape index (κ1) is 72.1. The molecular weight excluding hydrogens is 965 g/mol. The third-order valence-corrected chi connectivity index (χ3v) is 9.86. The minimum Gasteiger partial charge on any atom is -0.382 e. The number of ether oxygens (including phenoxy) is 22. The Kier molecular flexibility index (Phi) is 59.6. The summed E-state index contributed by atoms with van der Waals surface area (Å²) >= 11 is 0. The molecule has 0 rings (SSSR count). The summed E-state index contributed by atoms with van der Waals surface area (Å²) in [6, 6.07) is 0. The standard InChI is InChI=1S/C51H104O22/c1-46(36-66-32-28-60-24-20-56-16-12-52-5)70-42-50(43-71-47(2)37-67-33-29-61-25-21-57-17-13-53-6)40-64-10-9-11-65-41-51(44-72-48(3)38-68-34-30-62-26-22-58-18-14-54-7)45-73-49(4)39-69-35-31-63-27-23-59-19-15-55-8/h46-51H,9-45H2,1-8H3/t46-,47?,48?,49?,50?,51?/m1/s1. The number of hydrogen-bond acceptors (Lipinski definition) is 22. The van der Waals surface area contributed by atoms with Gasteiger partial charge >= 0.3 is 0 Å². The second-order valence-electron chi connectivity index (χ2n) is 17.0. The van der Waals surface area contributed by atoms with Crippen molar-refractivity contribution < 1.29 is 104 Å². The highest BCUT2D eigenvalue weighted by Gasteiger charge is 2.17. The Morgan fingerprint density at radius 2 is 0.370 bits per heavy atom. The number of rotatable bonds is 64. The van der Waals surface area contributed by atoms with E-state index >= 15 is 0 Å². The van der Waals surface area contributed by atoms with Crippen LogP contribution in [-0.4, -0.2) is 291 Å². The molecule has 0 aromatic rings. The molecule has 0 spiro atoms. The summed E-state index contributed by atoms with van der Waals surface area (Å²) in [7, 11) is 6.58. The Morgan fingerprint density at radius 1 is 0.192 bits per heavy atom. The first-order valence-corrected chi connectivity index (χ1v) is 26.4. The van der Waals surface area contributed by atoms with Crippen LogP contribution in [0, 0.1) is 11.8 Å². The van der Waals surface area contributed by atoms with E-state index < -0.39 is 0 Å². The summed E-state index contributed by atoms with van der Waals surface area (Å²) in [5, 5.41) is 0. The van der Waals surface area contributed by atoms with Crippen molar-refractivity contribution in [1.82, 2.24) is 0 Å². The molecule has 5 atom stereocenters. The van der Waals surface area contributed by atoms with Crippen LogP contribution in [0.15, 0.2) is 0 Å². The molecule has 0 saturated carbocycles. The van der Waals surface area contributed by atoms with Crippen molar-refractivity contribution in [2.24, 2.45) is 11.8 Å². The molecule has 0 amide bonds. The topological polar surface area (TPSA) is 203 Å². The smallest absolute Gasteiger partial charge is 0.0780 e. The van der Waals surface area contributed by atoms with Gasteiger partial charge in [-0.3, -0.25) is 0 Å². The Bertz CT molecular complexity index is 886. The van der Waals surface area contributed by atoms with Crippen LogP contribution in [0.25, 0.3) is 0 Å². The number of methoxy groups -OCH3 is 4. The fourth-order valence-electron chi connectivity index (χ4n) is 5.77. The Balaban J connectivity index is 4.90. The van der Waals surface area contributed by atoms with Crippen LogP contribution in [0.4, 0.5) is 0 Å². The fourth-order valence-corrected chi connectivity index (χ4v) is 5.77. The molecule has 0 saturated heterocycles. The average Bonchev–Trinajstić information content (AvgIpc) is 3.39. The van der Waals surface area contributed by atoms with Crippen molar-refractivity contribution in [3.63, 3.8) is 0 Å². The number of hydrogen-bond donors (Lipinski definition) is 0. The highest BCUT2D eigenvalue weighted by molar-refractivity contribution is 4.63. The molecule has 22 heteroatoms. The lowest BCUT2D eigenvalue weighted by molar-refractivity contribution is -0.0811. The lowest BCUT2D eigenvalue weighted by Crippen LogP contribution is -2.29. The highest BCUT2D eigenvalue weighted by Crippen LogP contribution is 2.09. The molecule has 0 radical (unpaired) electrons. The van der Waals surface area contributed by atoms with Gasteiger partial charge in [-0.2, -0.15) is 0 Å². The normalized spacial score (nSPS) is 14.5. The van der Waals surface area contributed by atoms with E-state index in [1.807, 2.05) is 27.7 Å². The first-order valence-electron chi connectivity index (χ1n) is 26.4. The van der Waals surface area contributed by atoms with Crippen LogP contribution < -0.4 is 0 Å². The Morgan fingerprint density at radius 3 is 0.575 bits per heavy atom. The van der Waals surface area contributed by atoms with Crippen molar-refractivity contribution in [2.45, 2.75) is 58.5 Å². The minimum absolute atomic E-state index is 0.0129. The summed E-state index contributed by atoms with van der Waals surface area (Å²) in [6.45, 7) is 25.7. The highest BCUT2D eigenvalue weighted by atomic mass is 16.6. The van der Waals surface area contributed by atoms with Gasteiger partial charge in [0.1, 0.15) is 0 Å². The summed E-state index contributed by atoms with van der Waals surface area (Å²) in [5.41, 5.74) is 0. The van der Waals surface area contributed by atoms with Gasteiger partial charge in [0.15, 0.2) is 0 Å². The molecule has 0 aliphatic rings. The predicted octanol–water partition coefficient (Wildman–Crippen LogP) is 3.05. The second-order valence-corrected chi connectivity index (χ2v) is 17.0. The Labute approximate surface area is 439 Å². The van der Waals surface area contributed by atoms with E-state index in [4.69, 9.17) is 104 Å². The molecule has 0 fully saturated rings. The van der Waals surface area contributed by atoms with Crippen molar-refractivity contribution in [1.29, 1.82) is 0 Å². The molecule has 22 nitrogen and oxygen atoms in total. The van der Waals surface area contributed by atoms with Gasteiger partial charge in [0.25, 0.3) is 0 Å². The van der Waals surface area contributed by atoms with Crippen LogP contribution in [0.1, 0.15) is 34.1 Å². The van der Waals surface area contributed by atoms with Gasteiger partial charge in [-0.25, -0.2) is 0 Å². The molecular formula is C51H104O22. The van der Waals surface area contributed by atoms with E-state index in [9.17, 15) is 0 Å². The van der Waals surface area contributed by atoms with Crippen molar-refractivity contribution in [2.75, 3.05) is 266 Å². The molecule has 73 heavy (non-hydrogen) atoms. The SMILES string of the molecule is COCCOCCOCCOCC(C)OCC(COCCCOCC(COC(C)COCCOCCOCCOC)CO[C@H](C)COCCOCCOCCOC)COC(C)COCCOCCOCCOC. The molecule has 0 heterocycles. The van der Waals surface area contributed by atoms with Gasteiger partial charge in [0.05, 0.1) is 249 Å². The molecule has 0 N–H and O–H groups in total. The monoisotopic (exact) mass is 1070 g/mol. The molecule has 0 aliphatic heterocycles. The summed E-state index contributed by atoms with van der Waals surface area (Å²) < 4.78 is 124. The largest absolute Gasteiger partial charge is 0.382 e.